The van der Waals surface area contributed by atoms with Gasteiger partial charge in [-0.25, -0.2) is 5.01 Å². The molecule has 1 amide bonds. The average Bonchev–Trinajstić information content (AvgIpc) is 3.35. The summed E-state index contributed by atoms with van der Waals surface area (Å²) in [5, 5.41) is 14.7. The molecule has 8 nitrogen and oxygen atoms in total. The molecule has 4 rings (SSSR count). The first-order valence-corrected chi connectivity index (χ1v) is 8.48. The highest BCUT2D eigenvalue weighted by atomic mass is 16.4. The average molecular weight is 364 g/mol. The SMILES string of the molecule is O=C(O)CCC(=O)N1N=C(c2ccco2)C[C@@H]1c1cccc2nccnc12. The van der Waals surface area contributed by atoms with Gasteiger partial charge >= 0.3 is 5.97 Å². The lowest BCUT2D eigenvalue weighted by molar-refractivity contribution is -0.141. The molecular formula is C19H16N4O4. The fourth-order valence-corrected chi connectivity index (χ4v) is 3.19. The lowest BCUT2D eigenvalue weighted by Gasteiger charge is -2.22. The summed E-state index contributed by atoms with van der Waals surface area (Å²) < 4.78 is 5.42. The van der Waals surface area contributed by atoms with Crippen LogP contribution in [0.3, 0.4) is 0 Å². The van der Waals surface area contributed by atoms with Crippen molar-refractivity contribution in [1.82, 2.24) is 15.0 Å². The van der Waals surface area contributed by atoms with Crippen molar-refractivity contribution in [2.24, 2.45) is 5.10 Å². The number of carbonyl (C=O) groups excluding carboxylic acids is 1. The van der Waals surface area contributed by atoms with Crippen molar-refractivity contribution in [3.05, 3.63) is 60.3 Å². The van der Waals surface area contributed by atoms with Gasteiger partial charge in [0.25, 0.3) is 0 Å². The molecule has 0 spiro atoms. The molecule has 0 saturated carbocycles. The molecule has 1 aromatic carbocycles. The molecule has 0 bridgehead atoms. The number of carbonyl (C=O) groups is 2. The van der Waals surface area contributed by atoms with Gasteiger partial charge in [-0.05, 0) is 18.2 Å². The summed E-state index contributed by atoms with van der Waals surface area (Å²) in [7, 11) is 0. The fourth-order valence-electron chi connectivity index (χ4n) is 3.19. The first-order valence-electron chi connectivity index (χ1n) is 8.48. The fraction of sp³-hybridized carbons (Fsp3) is 0.211. The van der Waals surface area contributed by atoms with Gasteiger partial charge in [0.2, 0.25) is 5.91 Å². The number of benzene rings is 1. The maximum atomic E-state index is 12.7. The molecule has 0 aliphatic carbocycles. The van der Waals surface area contributed by atoms with E-state index in [1.807, 2.05) is 18.2 Å². The van der Waals surface area contributed by atoms with Crippen molar-refractivity contribution in [1.29, 1.82) is 0 Å². The first-order chi connectivity index (χ1) is 13.1. The van der Waals surface area contributed by atoms with Gasteiger partial charge in [-0.3, -0.25) is 19.6 Å². The summed E-state index contributed by atoms with van der Waals surface area (Å²) in [6.45, 7) is 0. The van der Waals surface area contributed by atoms with Crippen molar-refractivity contribution in [3.63, 3.8) is 0 Å². The predicted octanol–water partition coefficient (Wildman–Crippen LogP) is 2.77. The van der Waals surface area contributed by atoms with Gasteiger partial charge in [0, 0.05) is 30.8 Å². The van der Waals surface area contributed by atoms with Crippen LogP contribution in [-0.2, 0) is 9.59 Å². The topological polar surface area (TPSA) is 109 Å². The zero-order chi connectivity index (χ0) is 18.8. The summed E-state index contributed by atoms with van der Waals surface area (Å²) in [5.74, 6) is -0.796. The van der Waals surface area contributed by atoms with Gasteiger partial charge in [-0.15, -0.1) is 0 Å². The van der Waals surface area contributed by atoms with Crippen LogP contribution in [0.25, 0.3) is 11.0 Å². The van der Waals surface area contributed by atoms with Crippen molar-refractivity contribution >= 4 is 28.6 Å². The number of rotatable bonds is 5. The number of nitrogens with zero attached hydrogens (tertiary/aromatic N) is 4. The van der Waals surface area contributed by atoms with Crippen LogP contribution in [0, 0.1) is 0 Å². The van der Waals surface area contributed by atoms with Crippen molar-refractivity contribution < 1.29 is 19.1 Å². The number of fused-ring (bicyclic) bond motifs is 1. The minimum absolute atomic E-state index is 0.128. The number of carboxylic acids is 1. The lowest BCUT2D eigenvalue weighted by atomic mass is 9.99. The maximum absolute atomic E-state index is 12.7. The van der Waals surface area contributed by atoms with E-state index in [1.165, 1.54) is 5.01 Å². The Bertz CT molecular complexity index is 1020. The van der Waals surface area contributed by atoms with Crippen molar-refractivity contribution in [2.75, 3.05) is 0 Å². The Morgan fingerprint density at radius 1 is 1.15 bits per heavy atom. The van der Waals surface area contributed by atoms with Crippen LogP contribution in [-0.4, -0.2) is 37.7 Å². The van der Waals surface area contributed by atoms with Crippen molar-refractivity contribution in [2.45, 2.75) is 25.3 Å². The Morgan fingerprint density at radius 2 is 2.00 bits per heavy atom. The lowest BCUT2D eigenvalue weighted by Crippen LogP contribution is -2.27. The van der Waals surface area contributed by atoms with Gasteiger partial charge in [-0.2, -0.15) is 5.10 Å². The number of hydrogen-bond acceptors (Lipinski definition) is 6. The number of aromatic nitrogens is 2. The minimum Gasteiger partial charge on any atom is -0.481 e. The quantitative estimate of drug-likeness (QED) is 0.745. The van der Waals surface area contributed by atoms with Crippen LogP contribution in [0.4, 0.5) is 0 Å². The second-order valence-corrected chi connectivity index (χ2v) is 6.15. The largest absolute Gasteiger partial charge is 0.481 e. The second kappa shape index (κ2) is 6.99. The minimum atomic E-state index is -1.02. The second-order valence-electron chi connectivity index (χ2n) is 6.15. The molecule has 0 radical (unpaired) electrons. The van der Waals surface area contributed by atoms with E-state index in [2.05, 4.69) is 15.1 Å². The Labute approximate surface area is 154 Å². The van der Waals surface area contributed by atoms with E-state index in [1.54, 1.807) is 30.8 Å². The van der Waals surface area contributed by atoms with E-state index in [0.29, 0.717) is 23.4 Å². The van der Waals surface area contributed by atoms with Crippen LogP contribution < -0.4 is 0 Å². The van der Waals surface area contributed by atoms with Crippen LogP contribution in [0.15, 0.2) is 58.5 Å². The summed E-state index contributed by atoms with van der Waals surface area (Å²) >= 11 is 0. The highest BCUT2D eigenvalue weighted by molar-refractivity contribution is 6.01. The molecule has 1 N–H and O–H groups in total. The molecule has 0 unspecified atom stereocenters. The number of para-hydroxylation sites is 1. The molecule has 3 aromatic rings. The number of hydrazone groups is 1. The summed E-state index contributed by atoms with van der Waals surface area (Å²) in [6.07, 6.45) is 4.83. The molecule has 1 aliphatic rings. The van der Waals surface area contributed by atoms with Crippen LogP contribution >= 0.6 is 0 Å². The third-order valence-electron chi connectivity index (χ3n) is 4.41. The molecule has 0 saturated heterocycles. The number of aliphatic carboxylic acids is 1. The van der Waals surface area contributed by atoms with Gasteiger partial charge in [0.15, 0.2) is 0 Å². The standard InChI is InChI=1S/C19H16N4O4/c24-17(6-7-18(25)26)23-15(11-14(22-23)16-5-2-10-27-16)12-3-1-4-13-19(12)21-9-8-20-13/h1-5,8-10,15H,6-7,11H2,(H,25,26)/t15-/m1/s1. The number of furan rings is 1. The third-order valence-corrected chi connectivity index (χ3v) is 4.41. The normalized spacial score (nSPS) is 16.5. The summed E-state index contributed by atoms with van der Waals surface area (Å²) in [6, 6.07) is 8.74. The zero-order valence-corrected chi connectivity index (χ0v) is 14.3. The van der Waals surface area contributed by atoms with E-state index in [-0.39, 0.29) is 18.7 Å². The number of amides is 1. The van der Waals surface area contributed by atoms with Crippen LogP contribution in [0.5, 0.6) is 0 Å². The monoisotopic (exact) mass is 364 g/mol. The summed E-state index contributed by atoms with van der Waals surface area (Å²) in [4.78, 5) is 32.3. The van der Waals surface area contributed by atoms with E-state index >= 15 is 0 Å². The molecule has 0 fully saturated rings. The van der Waals surface area contributed by atoms with Crippen LogP contribution in [0.1, 0.15) is 36.6 Å². The number of carboxylic acid groups (broad SMARTS) is 1. The highest BCUT2D eigenvalue weighted by Crippen LogP contribution is 2.36. The molecule has 3 heterocycles. The van der Waals surface area contributed by atoms with E-state index < -0.39 is 12.0 Å². The summed E-state index contributed by atoms with van der Waals surface area (Å²) in [5.41, 5.74) is 2.86. The highest BCUT2D eigenvalue weighted by Gasteiger charge is 2.35. The molecule has 8 heteroatoms. The smallest absolute Gasteiger partial charge is 0.303 e. The Morgan fingerprint density at radius 3 is 2.78 bits per heavy atom. The van der Waals surface area contributed by atoms with E-state index in [4.69, 9.17) is 9.52 Å². The molecule has 1 aliphatic heterocycles. The first kappa shape index (κ1) is 16.9. The predicted molar refractivity (Wildman–Crippen MR) is 95.9 cm³/mol. The zero-order valence-electron chi connectivity index (χ0n) is 14.3. The van der Waals surface area contributed by atoms with Gasteiger partial charge in [0.1, 0.15) is 11.5 Å². The van der Waals surface area contributed by atoms with Gasteiger partial charge in [-0.1, -0.05) is 12.1 Å². The Balaban J connectivity index is 1.73. The number of hydrogen-bond donors (Lipinski definition) is 1. The van der Waals surface area contributed by atoms with Crippen molar-refractivity contribution in [3.8, 4) is 0 Å². The molecule has 2 aromatic heterocycles. The third kappa shape index (κ3) is 3.29. The molecule has 1 atom stereocenters. The van der Waals surface area contributed by atoms with Crippen LogP contribution in [0.2, 0.25) is 0 Å². The Kier molecular flexibility index (Phi) is 4.37. The molecule has 27 heavy (non-hydrogen) atoms. The maximum Gasteiger partial charge on any atom is 0.303 e. The Hall–Kier alpha value is -3.55. The van der Waals surface area contributed by atoms with E-state index in [0.717, 1.165) is 11.1 Å². The van der Waals surface area contributed by atoms with Gasteiger partial charge in [0.05, 0.1) is 29.8 Å². The molecular weight excluding hydrogens is 348 g/mol. The molecule has 136 valence electrons. The van der Waals surface area contributed by atoms with Gasteiger partial charge < -0.3 is 9.52 Å². The van der Waals surface area contributed by atoms with E-state index in [9.17, 15) is 9.59 Å².